The van der Waals surface area contributed by atoms with E-state index in [1.165, 1.54) is 12.1 Å². The Bertz CT molecular complexity index is 935. The van der Waals surface area contributed by atoms with Crippen LogP contribution in [0.5, 0.6) is 0 Å². The third-order valence-electron chi connectivity index (χ3n) is 3.71. The van der Waals surface area contributed by atoms with Crippen LogP contribution in [0, 0.1) is 17.0 Å². The number of thiocarbonyl (C=S) groups is 1. The third-order valence-corrected chi connectivity index (χ3v) is 3.91. The number of hydrogen-bond donors (Lipinski definition) is 2. The van der Waals surface area contributed by atoms with Crippen molar-refractivity contribution in [2.45, 2.75) is 6.92 Å². The maximum atomic E-state index is 10.8. The molecule has 3 rings (SSSR count). The number of nitro benzene ring substituents is 1. The molecule has 0 spiro atoms. The monoisotopic (exact) mass is 337 g/mol. The molecule has 0 aliphatic heterocycles. The topological polar surface area (TPSA) is 67.2 Å². The minimum absolute atomic E-state index is 0.0611. The van der Waals surface area contributed by atoms with Gasteiger partial charge < -0.3 is 10.6 Å². The van der Waals surface area contributed by atoms with E-state index < -0.39 is 4.92 Å². The highest BCUT2D eigenvalue weighted by Crippen LogP contribution is 2.24. The molecule has 3 aromatic rings. The number of nitro groups is 1. The second-order valence-corrected chi connectivity index (χ2v) is 5.77. The van der Waals surface area contributed by atoms with Crippen molar-refractivity contribution < 1.29 is 4.92 Å². The van der Waals surface area contributed by atoms with Gasteiger partial charge in [0, 0.05) is 28.9 Å². The summed E-state index contributed by atoms with van der Waals surface area (Å²) in [6.45, 7) is 1.80. The number of benzene rings is 3. The summed E-state index contributed by atoms with van der Waals surface area (Å²) in [4.78, 5) is 10.4. The van der Waals surface area contributed by atoms with Crippen molar-refractivity contribution >= 4 is 45.2 Å². The fourth-order valence-corrected chi connectivity index (χ4v) is 2.73. The van der Waals surface area contributed by atoms with Crippen LogP contribution in [0.15, 0.2) is 60.7 Å². The first kappa shape index (κ1) is 15.9. The van der Waals surface area contributed by atoms with Crippen molar-refractivity contribution in [1.82, 2.24) is 0 Å². The predicted molar refractivity (Wildman–Crippen MR) is 102 cm³/mol. The summed E-state index contributed by atoms with van der Waals surface area (Å²) in [5.74, 6) is 0. The number of nitrogens with one attached hydrogen (secondary N) is 2. The highest BCUT2D eigenvalue weighted by molar-refractivity contribution is 7.80. The molecule has 0 radical (unpaired) electrons. The van der Waals surface area contributed by atoms with Crippen LogP contribution < -0.4 is 10.6 Å². The normalized spacial score (nSPS) is 10.4. The zero-order chi connectivity index (χ0) is 17.1. The second-order valence-electron chi connectivity index (χ2n) is 5.36. The second kappa shape index (κ2) is 6.64. The average Bonchev–Trinajstić information content (AvgIpc) is 2.57. The summed E-state index contributed by atoms with van der Waals surface area (Å²) >= 11 is 5.37. The van der Waals surface area contributed by atoms with E-state index >= 15 is 0 Å². The van der Waals surface area contributed by atoms with E-state index in [4.69, 9.17) is 12.2 Å². The van der Waals surface area contributed by atoms with Crippen LogP contribution in [0.1, 0.15) is 5.56 Å². The lowest BCUT2D eigenvalue weighted by molar-refractivity contribution is -0.384. The Morgan fingerprint density at radius 1 is 1.00 bits per heavy atom. The van der Waals surface area contributed by atoms with Crippen LogP contribution in [0.2, 0.25) is 0 Å². The first-order valence-corrected chi connectivity index (χ1v) is 7.76. The zero-order valence-electron chi connectivity index (χ0n) is 12.9. The third kappa shape index (κ3) is 3.33. The fraction of sp³-hybridized carbons (Fsp3) is 0.0556. The molecule has 2 N–H and O–H groups in total. The molecule has 5 nitrogen and oxygen atoms in total. The standard InChI is InChI=1S/C18H15N3O2S/c1-12-11-14(21(22)23)9-10-16(12)19-18(24)20-17-8-4-6-13-5-2-3-7-15(13)17/h2-11H,1H3,(H2,19,20,24). The Kier molecular flexibility index (Phi) is 4.39. The van der Waals surface area contributed by atoms with Crippen LogP contribution in [-0.2, 0) is 0 Å². The van der Waals surface area contributed by atoms with Crippen LogP contribution in [0.25, 0.3) is 10.8 Å². The van der Waals surface area contributed by atoms with E-state index in [2.05, 4.69) is 10.6 Å². The van der Waals surface area contributed by atoms with Gasteiger partial charge in [-0.15, -0.1) is 0 Å². The van der Waals surface area contributed by atoms with E-state index in [1.807, 2.05) is 42.5 Å². The molecule has 0 saturated carbocycles. The summed E-state index contributed by atoms with van der Waals surface area (Å²) < 4.78 is 0. The largest absolute Gasteiger partial charge is 0.332 e. The molecule has 0 heterocycles. The zero-order valence-corrected chi connectivity index (χ0v) is 13.8. The summed E-state index contributed by atoms with van der Waals surface area (Å²) in [5, 5.41) is 19.7. The first-order chi connectivity index (χ1) is 11.5. The van der Waals surface area contributed by atoms with Crippen LogP contribution in [-0.4, -0.2) is 10.0 Å². The number of rotatable bonds is 3. The Balaban J connectivity index is 1.79. The molecule has 120 valence electrons. The van der Waals surface area contributed by atoms with Crippen molar-refractivity contribution in [2.24, 2.45) is 0 Å². The van der Waals surface area contributed by atoms with E-state index in [9.17, 15) is 10.1 Å². The predicted octanol–water partition coefficient (Wildman–Crippen LogP) is 4.87. The van der Waals surface area contributed by atoms with Crippen molar-refractivity contribution in [1.29, 1.82) is 0 Å². The van der Waals surface area contributed by atoms with Crippen LogP contribution >= 0.6 is 12.2 Å². The Labute approximate surface area is 144 Å². The minimum atomic E-state index is -0.413. The van der Waals surface area contributed by atoms with E-state index in [1.54, 1.807) is 13.0 Å². The molecular formula is C18H15N3O2S. The Morgan fingerprint density at radius 3 is 2.46 bits per heavy atom. The van der Waals surface area contributed by atoms with Gasteiger partial charge in [0.1, 0.15) is 0 Å². The molecular weight excluding hydrogens is 322 g/mol. The van der Waals surface area contributed by atoms with Gasteiger partial charge in [0.05, 0.1) is 4.92 Å². The van der Waals surface area contributed by atoms with Gasteiger partial charge in [-0.05, 0) is 42.2 Å². The molecule has 0 aliphatic rings. The van der Waals surface area contributed by atoms with Gasteiger partial charge in [0.25, 0.3) is 5.69 Å². The van der Waals surface area contributed by atoms with Gasteiger partial charge in [-0.1, -0.05) is 36.4 Å². The fourth-order valence-electron chi connectivity index (χ4n) is 2.51. The molecule has 0 amide bonds. The molecule has 0 bridgehead atoms. The summed E-state index contributed by atoms with van der Waals surface area (Å²) in [7, 11) is 0. The van der Waals surface area contributed by atoms with Crippen LogP contribution in [0.3, 0.4) is 0 Å². The lowest BCUT2D eigenvalue weighted by Crippen LogP contribution is -2.19. The van der Waals surface area contributed by atoms with Crippen molar-refractivity contribution in [2.75, 3.05) is 10.6 Å². The number of non-ortho nitro benzene ring substituents is 1. The SMILES string of the molecule is Cc1cc([N+](=O)[O-])ccc1NC(=S)Nc1cccc2ccccc12. The number of hydrogen-bond acceptors (Lipinski definition) is 3. The maximum Gasteiger partial charge on any atom is 0.269 e. The van der Waals surface area contributed by atoms with E-state index in [0.29, 0.717) is 5.11 Å². The molecule has 0 aromatic heterocycles. The first-order valence-electron chi connectivity index (χ1n) is 7.35. The summed E-state index contributed by atoms with van der Waals surface area (Å²) in [6.07, 6.45) is 0. The van der Waals surface area contributed by atoms with Gasteiger partial charge in [0.15, 0.2) is 5.11 Å². The summed E-state index contributed by atoms with van der Waals surface area (Å²) in [6, 6.07) is 18.6. The number of nitrogens with zero attached hydrogens (tertiary/aromatic N) is 1. The van der Waals surface area contributed by atoms with Crippen LogP contribution in [0.4, 0.5) is 17.1 Å². The smallest absolute Gasteiger partial charge is 0.269 e. The van der Waals surface area contributed by atoms with Gasteiger partial charge >= 0.3 is 0 Å². The quantitative estimate of drug-likeness (QED) is 0.406. The lowest BCUT2D eigenvalue weighted by atomic mass is 10.1. The van der Waals surface area contributed by atoms with Crippen molar-refractivity contribution in [3.8, 4) is 0 Å². The van der Waals surface area contributed by atoms with Gasteiger partial charge in [-0.25, -0.2) is 0 Å². The summed E-state index contributed by atoms with van der Waals surface area (Å²) in [5.41, 5.74) is 2.46. The van der Waals surface area contributed by atoms with E-state index in [0.717, 1.165) is 27.7 Å². The molecule has 0 aliphatic carbocycles. The van der Waals surface area contributed by atoms with Gasteiger partial charge in [-0.2, -0.15) is 0 Å². The molecule has 3 aromatic carbocycles. The van der Waals surface area contributed by atoms with Gasteiger partial charge in [0.2, 0.25) is 0 Å². The van der Waals surface area contributed by atoms with E-state index in [-0.39, 0.29) is 5.69 Å². The molecule has 6 heteroatoms. The molecule has 0 atom stereocenters. The number of fused-ring (bicyclic) bond motifs is 1. The molecule has 24 heavy (non-hydrogen) atoms. The minimum Gasteiger partial charge on any atom is -0.332 e. The number of anilines is 2. The molecule has 0 saturated heterocycles. The Morgan fingerprint density at radius 2 is 1.71 bits per heavy atom. The average molecular weight is 337 g/mol. The number of aryl methyl sites for hydroxylation is 1. The lowest BCUT2D eigenvalue weighted by Gasteiger charge is -2.14. The van der Waals surface area contributed by atoms with Crippen molar-refractivity contribution in [3.63, 3.8) is 0 Å². The highest BCUT2D eigenvalue weighted by Gasteiger charge is 2.09. The molecule has 0 unspecified atom stereocenters. The maximum absolute atomic E-state index is 10.8. The molecule has 0 fully saturated rings. The Hall–Kier alpha value is -2.99. The highest BCUT2D eigenvalue weighted by atomic mass is 32.1. The van der Waals surface area contributed by atoms with Gasteiger partial charge in [-0.3, -0.25) is 10.1 Å². The van der Waals surface area contributed by atoms with Crippen molar-refractivity contribution in [3.05, 3.63) is 76.3 Å².